The molecular formula is C15H11BrN2O2. The molecule has 0 aliphatic heterocycles. The minimum Gasteiger partial charge on any atom is -0.343 e. The first-order valence-corrected chi connectivity index (χ1v) is 6.91. The average molecular weight is 331 g/mol. The van der Waals surface area contributed by atoms with Crippen molar-refractivity contribution in [2.75, 3.05) is 0 Å². The number of nitrogens with zero attached hydrogens (tertiary/aromatic N) is 2. The fraction of sp³-hybridized carbons (Fsp3) is 0.0667. The van der Waals surface area contributed by atoms with Crippen LogP contribution in [-0.4, -0.2) is 9.49 Å². The van der Waals surface area contributed by atoms with Crippen LogP contribution in [0.4, 0.5) is 5.69 Å². The second-order valence-corrected chi connectivity index (χ2v) is 5.39. The van der Waals surface area contributed by atoms with Crippen LogP contribution in [0.3, 0.4) is 0 Å². The number of nitro benzene ring substituents is 1. The third-order valence-electron chi connectivity index (χ3n) is 3.27. The third-order valence-corrected chi connectivity index (χ3v) is 4.01. The van der Waals surface area contributed by atoms with E-state index in [0.717, 1.165) is 15.6 Å². The number of benzene rings is 2. The van der Waals surface area contributed by atoms with Crippen molar-refractivity contribution in [1.29, 1.82) is 0 Å². The molecule has 2 aromatic carbocycles. The molecular weight excluding hydrogens is 320 g/mol. The number of halogens is 1. The normalized spacial score (nSPS) is 10.8. The number of non-ortho nitro benzene ring substituents is 1. The molecule has 0 fully saturated rings. The second kappa shape index (κ2) is 5.09. The molecule has 0 atom stereocenters. The van der Waals surface area contributed by atoms with Crippen molar-refractivity contribution in [1.82, 2.24) is 4.57 Å². The molecule has 0 aliphatic rings. The molecule has 3 aromatic rings. The highest BCUT2D eigenvalue weighted by molar-refractivity contribution is 9.10. The summed E-state index contributed by atoms with van der Waals surface area (Å²) in [7, 11) is 0. The summed E-state index contributed by atoms with van der Waals surface area (Å²) in [6, 6.07) is 15.1. The summed E-state index contributed by atoms with van der Waals surface area (Å²) in [6.45, 7) is 0.673. The van der Waals surface area contributed by atoms with Crippen LogP contribution in [0.25, 0.3) is 10.9 Å². The number of para-hydroxylation sites is 1. The zero-order valence-corrected chi connectivity index (χ0v) is 12.1. The lowest BCUT2D eigenvalue weighted by molar-refractivity contribution is -0.384. The van der Waals surface area contributed by atoms with Gasteiger partial charge in [-0.05, 0) is 29.1 Å². The second-order valence-electron chi connectivity index (χ2n) is 4.54. The number of rotatable bonds is 3. The Morgan fingerprint density at radius 3 is 2.70 bits per heavy atom. The van der Waals surface area contributed by atoms with Crippen molar-refractivity contribution in [3.63, 3.8) is 0 Å². The van der Waals surface area contributed by atoms with E-state index in [1.807, 2.05) is 18.3 Å². The van der Waals surface area contributed by atoms with Crippen molar-refractivity contribution in [3.8, 4) is 0 Å². The SMILES string of the molecule is O=[N+]([O-])c1ccc(Cn2ccc3ccccc32)c(Br)c1. The van der Waals surface area contributed by atoms with E-state index in [-0.39, 0.29) is 10.6 Å². The number of hydrogen-bond donors (Lipinski definition) is 0. The van der Waals surface area contributed by atoms with E-state index in [1.54, 1.807) is 12.1 Å². The van der Waals surface area contributed by atoms with Crippen molar-refractivity contribution >= 4 is 32.5 Å². The minimum absolute atomic E-state index is 0.0954. The number of fused-ring (bicyclic) bond motifs is 1. The lowest BCUT2D eigenvalue weighted by atomic mass is 10.2. The maximum Gasteiger partial charge on any atom is 0.270 e. The highest BCUT2D eigenvalue weighted by Crippen LogP contribution is 2.25. The Kier molecular flexibility index (Phi) is 3.28. The summed E-state index contributed by atoms with van der Waals surface area (Å²) in [6.07, 6.45) is 2.03. The van der Waals surface area contributed by atoms with Crippen LogP contribution in [0.5, 0.6) is 0 Å². The molecule has 0 saturated heterocycles. The summed E-state index contributed by atoms with van der Waals surface area (Å²) in [5.41, 5.74) is 2.26. The highest BCUT2D eigenvalue weighted by Gasteiger charge is 2.10. The summed E-state index contributed by atoms with van der Waals surface area (Å²) < 4.78 is 2.88. The predicted octanol–water partition coefficient (Wildman–Crippen LogP) is 4.36. The van der Waals surface area contributed by atoms with Gasteiger partial charge >= 0.3 is 0 Å². The number of hydrogen-bond acceptors (Lipinski definition) is 2. The van der Waals surface area contributed by atoms with E-state index in [2.05, 4.69) is 38.7 Å². The fourth-order valence-corrected chi connectivity index (χ4v) is 2.73. The molecule has 4 nitrogen and oxygen atoms in total. The molecule has 0 saturated carbocycles. The van der Waals surface area contributed by atoms with Crippen LogP contribution in [0.1, 0.15) is 5.56 Å². The summed E-state index contributed by atoms with van der Waals surface area (Å²) in [5, 5.41) is 11.9. The molecule has 0 bridgehead atoms. The van der Waals surface area contributed by atoms with Gasteiger partial charge in [0.05, 0.1) is 4.92 Å². The lowest BCUT2D eigenvalue weighted by Crippen LogP contribution is -1.99. The first-order valence-electron chi connectivity index (χ1n) is 6.12. The van der Waals surface area contributed by atoms with Gasteiger partial charge in [-0.3, -0.25) is 10.1 Å². The molecule has 100 valence electrons. The van der Waals surface area contributed by atoms with Gasteiger partial charge in [0.2, 0.25) is 0 Å². The largest absolute Gasteiger partial charge is 0.343 e. The van der Waals surface area contributed by atoms with Gasteiger partial charge in [0.1, 0.15) is 0 Å². The smallest absolute Gasteiger partial charge is 0.270 e. The van der Waals surface area contributed by atoms with E-state index in [9.17, 15) is 10.1 Å². The van der Waals surface area contributed by atoms with Gasteiger partial charge in [0, 0.05) is 34.9 Å². The van der Waals surface area contributed by atoms with E-state index in [4.69, 9.17) is 0 Å². The molecule has 0 N–H and O–H groups in total. The summed E-state index contributed by atoms with van der Waals surface area (Å²) in [4.78, 5) is 10.3. The monoisotopic (exact) mass is 330 g/mol. The van der Waals surface area contributed by atoms with Gasteiger partial charge in [-0.15, -0.1) is 0 Å². The Bertz CT molecular complexity index is 795. The lowest BCUT2D eigenvalue weighted by Gasteiger charge is -2.07. The minimum atomic E-state index is -0.389. The van der Waals surface area contributed by atoms with Crippen LogP contribution >= 0.6 is 15.9 Å². The van der Waals surface area contributed by atoms with Crippen molar-refractivity contribution in [2.45, 2.75) is 6.54 Å². The first kappa shape index (κ1) is 12.9. The molecule has 3 rings (SSSR count). The van der Waals surface area contributed by atoms with Gasteiger partial charge in [-0.2, -0.15) is 0 Å². The average Bonchev–Trinajstić information content (AvgIpc) is 2.84. The molecule has 0 radical (unpaired) electrons. The topological polar surface area (TPSA) is 48.1 Å². The van der Waals surface area contributed by atoms with Gasteiger partial charge in [0.15, 0.2) is 0 Å². The van der Waals surface area contributed by atoms with Gasteiger partial charge in [-0.1, -0.05) is 34.1 Å². The van der Waals surface area contributed by atoms with E-state index in [0.29, 0.717) is 6.54 Å². The molecule has 1 heterocycles. The molecule has 0 amide bonds. The Labute approximate surface area is 123 Å². The van der Waals surface area contributed by atoms with Crippen LogP contribution in [0.15, 0.2) is 59.2 Å². The number of nitro groups is 1. The van der Waals surface area contributed by atoms with E-state index in [1.165, 1.54) is 11.5 Å². The van der Waals surface area contributed by atoms with Crippen LogP contribution in [-0.2, 0) is 6.54 Å². The van der Waals surface area contributed by atoms with Crippen molar-refractivity contribution in [2.24, 2.45) is 0 Å². The molecule has 0 aliphatic carbocycles. The van der Waals surface area contributed by atoms with Crippen molar-refractivity contribution in [3.05, 3.63) is 74.9 Å². The van der Waals surface area contributed by atoms with Crippen molar-refractivity contribution < 1.29 is 4.92 Å². The molecule has 0 spiro atoms. The highest BCUT2D eigenvalue weighted by atomic mass is 79.9. The predicted molar refractivity (Wildman–Crippen MR) is 81.8 cm³/mol. The number of aromatic nitrogens is 1. The first-order chi connectivity index (χ1) is 9.65. The Morgan fingerprint density at radius 2 is 1.95 bits per heavy atom. The van der Waals surface area contributed by atoms with Gasteiger partial charge < -0.3 is 4.57 Å². The van der Waals surface area contributed by atoms with Crippen LogP contribution in [0.2, 0.25) is 0 Å². The molecule has 5 heteroatoms. The maximum atomic E-state index is 10.7. The zero-order valence-electron chi connectivity index (χ0n) is 10.5. The molecule has 0 unspecified atom stereocenters. The fourth-order valence-electron chi connectivity index (χ4n) is 2.24. The Balaban J connectivity index is 1.97. The standard InChI is InChI=1S/C15H11BrN2O2/c16-14-9-13(18(19)20)6-5-12(14)10-17-8-7-11-3-1-2-4-15(11)17/h1-9H,10H2. The van der Waals surface area contributed by atoms with Crippen LogP contribution < -0.4 is 0 Å². The zero-order chi connectivity index (χ0) is 14.1. The Hall–Kier alpha value is -2.14. The summed E-state index contributed by atoms with van der Waals surface area (Å²) >= 11 is 3.41. The van der Waals surface area contributed by atoms with E-state index < -0.39 is 0 Å². The molecule has 1 aromatic heterocycles. The third kappa shape index (κ3) is 2.32. The quantitative estimate of drug-likeness (QED) is 0.529. The van der Waals surface area contributed by atoms with Crippen LogP contribution in [0, 0.1) is 10.1 Å². The van der Waals surface area contributed by atoms with E-state index >= 15 is 0 Å². The van der Waals surface area contributed by atoms with Gasteiger partial charge in [0.25, 0.3) is 5.69 Å². The maximum absolute atomic E-state index is 10.7. The molecule has 20 heavy (non-hydrogen) atoms. The Morgan fingerprint density at radius 1 is 1.15 bits per heavy atom. The summed E-state index contributed by atoms with van der Waals surface area (Å²) in [5.74, 6) is 0. The van der Waals surface area contributed by atoms with Gasteiger partial charge in [-0.25, -0.2) is 0 Å².